The van der Waals surface area contributed by atoms with Crippen LogP contribution in [0.4, 0.5) is 0 Å². The summed E-state index contributed by atoms with van der Waals surface area (Å²) in [6.07, 6.45) is 1.77. The number of nitrogens with one attached hydrogen (secondary N) is 1. The van der Waals surface area contributed by atoms with E-state index in [4.69, 9.17) is 5.73 Å². The maximum Gasteiger partial charge on any atom is 0.231 e. The third-order valence-corrected chi connectivity index (χ3v) is 5.07. The number of thioether (sulfide) groups is 1. The number of nitrogens with zero attached hydrogens (tertiary/aromatic N) is 4. The summed E-state index contributed by atoms with van der Waals surface area (Å²) in [5.74, 6) is 1.30. The maximum absolute atomic E-state index is 12.3. The van der Waals surface area contributed by atoms with Crippen molar-refractivity contribution in [1.82, 2.24) is 25.0 Å². The Hall–Kier alpha value is -1.61. The van der Waals surface area contributed by atoms with E-state index in [1.807, 2.05) is 11.8 Å². The number of aromatic nitrogens is 3. The second kappa shape index (κ2) is 9.03. The number of nitrogens with two attached hydrogens (primary N) is 1. The quantitative estimate of drug-likeness (QED) is 0.503. The molecule has 1 aromatic heterocycles. The minimum atomic E-state index is -0.345. The van der Waals surface area contributed by atoms with E-state index in [0.717, 1.165) is 42.7 Å². The highest BCUT2D eigenvalue weighted by molar-refractivity contribution is 7.99. The molecular weight excluding hydrogens is 328 g/mol. The zero-order valence-corrected chi connectivity index (χ0v) is 15.1. The van der Waals surface area contributed by atoms with E-state index < -0.39 is 0 Å². The molecule has 134 valence electrons. The van der Waals surface area contributed by atoms with E-state index in [1.54, 1.807) is 11.8 Å². The lowest BCUT2D eigenvalue weighted by Gasteiger charge is -2.30. The van der Waals surface area contributed by atoms with Gasteiger partial charge in [0.05, 0.1) is 12.5 Å². The Morgan fingerprint density at radius 3 is 2.92 bits per heavy atom. The van der Waals surface area contributed by atoms with Gasteiger partial charge in [-0.25, -0.2) is 0 Å². The molecule has 0 aliphatic carbocycles. The lowest BCUT2D eigenvalue weighted by Crippen LogP contribution is -2.46. The summed E-state index contributed by atoms with van der Waals surface area (Å²) in [6.45, 7) is 7.08. The molecule has 0 bridgehead atoms. The van der Waals surface area contributed by atoms with Gasteiger partial charge in [0.15, 0.2) is 5.16 Å². The second-order valence-electron chi connectivity index (χ2n) is 5.95. The Morgan fingerprint density at radius 2 is 2.21 bits per heavy atom. The van der Waals surface area contributed by atoms with Gasteiger partial charge in [0.2, 0.25) is 11.8 Å². The van der Waals surface area contributed by atoms with E-state index in [1.165, 1.54) is 0 Å². The van der Waals surface area contributed by atoms with Crippen LogP contribution in [0.3, 0.4) is 0 Å². The molecule has 8 nitrogen and oxygen atoms in total. The summed E-state index contributed by atoms with van der Waals surface area (Å²) in [7, 11) is 0. The van der Waals surface area contributed by atoms with Crippen molar-refractivity contribution in [3.63, 3.8) is 0 Å². The monoisotopic (exact) mass is 354 g/mol. The summed E-state index contributed by atoms with van der Waals surface area (Å²) in [4.78, 5) is 25.2. The molecule has 0 spiro atoms. The van der Waals surface area contributed by atoms with Gasteiger partial charge >= 0.3 is 0 Å². The number of hydrogen-bond acceptors (Lipinski definition) is 6. The molecule has 24 heavy (non-hydrogen) atoms. The Balaban J connectivity index is 1.71. The van der Waals surface area contributed by atoms with Crippen LogP contribution in [0.15, 0.2) is 5.16 Å². The van der Waals surface area contributed by atoms with Crippen molar-refractivity contribution < 1.29 is 9.59 Å². The first kappa shape index (κ1) is 18.7. The smallest absolute Gasteiger partial charge is 0.231 e. The molecule has 1 fully saturated rings. The van der Waals surface area contributed by atoms with Gasteiger partial charge in [-0.15, -0.1) is 10.2 Å². The highest BCUT2D eigenvalue weighted by Crippen LogP contribution is 2.17. The molecule has 9 heteroatoms. The van der Waals surface area contributed by atoms with Crippen molar-refractivity contribution in [2.45, 2.75) is 38.4 Å². The predicted molar refractivity (Wildman–Crippen MR) is 92.5 cm³/mol. The normalized spacial score (nSPS) is 18.5. The maximum atomic E-state index is 12.3. The fraction of sp³-hybridized carbons (Fsp3) is 0.733. The Kier molecular flexibility index (Phi) is 7.04. The average molecular weight is 354 g/mol. The topological polar surface area (TPSA) is 106 Å². The number of carbonyl (C=O) groups excluding carboxylic acids is 2. The molecule has 2 amide bonds. The molecule has 2 heterocycles. The molecule has 2 rings (SSSR count). The van der Waals surface area contributed by atoms with E-state index >= 15 is 0 Å². The van der Waals surface area contributed by atoms with Crippen LogP contribution < -0.4 is 11.1 Å². The number of rotatable bonds is 8. The third kappa shape index (κ3) is 5.20. The van der Waals surface area contributed by atoms with Gasteiger partial charge in [0.25, 0.3) is 0 Å². The van der Waals surface area contributed by atoms with E-state index in [9.17, 15) is 9.59 Å². The Bertz CT molecular complexity index is 576. The van der Waals surface area contributed by atoms with Gasteiger partial charge in [-0.1, -0.05) is 11.8 Å². The second-order valence-corrected chi connectivity index (χ2v) is 7.02. The Morgan fingerprint density at radius 1 is 1.42 bits per heavy atom. The van der Waals surface area contributed by atoms with Crippen LogP contribution in [-0.4, -0.2) is 63.4 Å². The number of hydrogen-bond donors (Lipinski definition) is 2. The predicted octanol–water partition coefficient (Wildman–Crippen LogP) is 0.0120. The SMILES string of the molecule is CCn1c(C)nnc1SCCNC(=O)C1CCCN(CC(N)=O)C1. The van der Waals surface area contributed by atoms with Gasteiger partial charge in [-0.3, -0.25) is 14.5 Å². The van der Waals surface area contributed by atoms with Crippen LogP contribution in [0.1, 0.15) is 25.6 Å². The Labute approximate surface area is 146 Å². The molecule has 0 radical (unpaired) electrons. The minimum absolute atomic E-state index is 0.0536. The summed E-state index contributed by atoms with van der Waals surface area (Å²) < 4.78 is 2.05. The molecule has 1 aliphatic heterocycles. The van der Waals surface area contributed by atoms with Crippen LogP contribution in [0.25, 0.3) is 0 Å². The molecule has 1 aliphatic rings. The van der Waals surface area contributed by atoms with Crippen molar-refractivity contribution in [3.05, 3.63) is 5.82 Å². The fourth-order valence-corrected chi connectivity index (χ4v) is 3.83. The van der Waals surface area contributed by atoms with Crippen molar-refractivity contribution >= 4 is 23.6 Å². The number of amides is 2. The largest absolute Gasteiger partial charge is 0.369 e. The van der Waals surface area contributed by atoms with Crippen LogP contribution in [0.5, 0.6) is 0 Å². The number of carbonyl (C=O) groups is 2. The van der Waals surface area contributed by atoms with Crippen LogP contribution in [-0.2, 0) is 16.1 Å². The first-order chi connectivity index (χ1) is 11.5. The van der Waals surface area contributed by atoms with Gasteiger partial charge in [0.1, 0.15) is 5.82 Å². The summed E-state index contributed by atoms with van der Waals surface area (Å²) in [6, 6.07) is 0. The molecular formula is C15H26N6O2S. The van der Waals surface area contributed by atoms with E-state index in [-0.39, 0.29) is 24.3 Å². The third-order valence-electron chi connectivity index (χ3n) is 4.11. The van der Waals surface area contributed by atoms with Crippen molar-refractivity contribution in [1.29, 1.82) is 0 Å². The van der Waals surface area contributed by atoms with E-state index in [2.05, 4.69) is 27.0 Å². The molecule has 1 saturated heterocycles. The zero-order chi connectivity index (χ0) is 17.5. The van der Waals surface area contributed by atoms with Crippen molar-refractivity contribution in [2.24, 2.45) is 11.7 Å². The molecule has 1 atom stereocenters. The molecule has 0 saturated carbocycles. The zero-order valence-electron chi connectivity index (χ0n) is 14.3. The number of primary amides is 1. The summed E-state index contributed by atoms with van der Waals surface area (Å²) in [5, 5.41) is 12.1. The van der Waals surface area contributed by atoms with Crippen LogP contribution in [0.2, 0.25) is 0 Å². The number of likely N-dealkylation sites (tertiary alicyclic amines) is 1. The van der Waals surface area contributed by atoms with E-state index in [0.29, 0.717) is 13.1 Å². The summed E-state index contributed by atoms with van der Waals surface area (Å²) in [5.41, 5.74) is 5.23. The lowest BCUT2D eigenvalue weighted by atomic mass is 9.97. The first-order valence-electron chi connectivity index (χ1n) is 8.32. The highest BCUT2D eigenvalue weighted by Gasteiger charge is 2.26. The fourth-order valence-electron chi connectivity index (χ4n) is 2.93. The molecule has 1 unspecified atom stereocenters. The standard InChI is InChI=1S/C15H26N6O2S/c1-3-21-11(2)18-19-15(21)24-8-6-17-14(23)12-5-4-7-20(9-12)10-13(16)22/h12H,3-10H2,1-2H3,(H2,16,22)(H,17,23). The first-order valence-corrected chi connectivity index (χ1v) is 9.30. The van der Waals surface area contributed by atoms with Crippen LogP contribution >= 0.6 is 11.8 Å². The lowest BCUT2D eigenvalue weighted by molar-refractivity contribution is -0.128. The van der Waals surface area contributed by atoms with Gasteiger partial charge in [-0.05, 0) is 33.2 Å². The van der Waals surface area contributed by atoms with Crippen molar-refractivity contribution in [2.75, 3.05) is 31.9 Å². The molecule has 0 aromatic carbocycles. The number of aryl methyl sites for hydroxylation is 1. The molecule has 3 N–H and O–H groups in total. The number of piperidine rings is 1. The molecule has 1 aromatic rings. The van der Waals surface area contributed by atoms with Gasteiger partial charge in [0, 0.05) is 25.4 Å². The minimum Gasteiger partial charge on any atom is -0.369 e. The van der Waals surface area contributed by atoms with Crippen molar-refractivity contribution in [3.8, 4) is 0 Å². The van der Waals surface area contributed by atoms with Crippen LogP contribution in [0, 0.1) is 12.8 Å². The van der Waals surface area contributed by atoms with Gasteiger partial charge in [-0.2, -0.15) is 0 Å². The summed E-state index contributed by atoms with van der Waals surface area (Å²) >= 11 is 1.59. The van der Waals surface area contributed by atoms with Gasteiger partial charge < -0.3 is 15.6 Å². The average Bonchev–Trinajstić information content (AvgIpc) is 2.91. The highest BCUT2D eigenvalue weighted by atomic mass is 32.2.